The van der Waals surface area contributed by atoms with Crippen molar-refractivity contribution in [1.82, 2.24) is 0 Å². The maximum atomic E-state index is 11.3. The molecule has 0 radical (unpaired) electrons. The zero-order valence-electron chi connectivity index (χ0n) is 9.59. The normalized spacial score (nSPS) is 16.9. The van der Waals surface area contributed by atoms with Crippen LogP contribution in [-0.4, -0.2) is 32.7 Å². The molecule has 0 spiro atoms. The van der Waals surface area contributed by atoms with E-state index in [0.29, 0.717) is 0 Å². The van der Waals surface area contributed by atoms with Gasteiger partial charge in [-0.1, -0.05) is 19.8 Å². The summed E-state index contributed by atoms with van der Waals surface area (Å²) in [5.41, 5.74) is -1.67. The summed E-state index contributed by atoms with van der Waals surface area (Å²) in [7, 11) is 0. The van der Waals surface area contributed by atoms with E-state index in [-0.39, 0.29) is 6.42 Å². The Kier molecular flexibility index (Phi) is 7.46. The van der Waals surface area contributed by atoms with E-state index < -0.39 is 22.4 Å². The summed E-state index contributed by atoms with van der Waals surface area (Å²) >= 11 is 7.78. The first-order valence-electron chi connectivity index (χ1n) is 5.28. The van der Waals surface area contributed by atoms with Gasteiger partial charge in [0, 0.05) is 6.42 Å². The molecule has 6 heteroatoms. The summed E-state index contributed by atoms with van der Waals surface area (Å²) in [5.74, 6) is -0.524. The molecule has 0 aromatic rings. The highest BCUT2D eigenvalue weighted by molar-refractivity contribution is 7.99. The van der Waals surface area contributed by atoms with Crippen molar-refractivity contribution in [2.24, 2.45) is 0 Å². The highest BCUT2D eigenvalue weighted by atomic mass is 32.2. The molecule has 0 heterocycles. The number of carbonyl (C=O) groups excluding carboxylic acids is 1. The molecule has 96 valence electrons. The van der Waals surface area contributed by atoms with Crippen LogP contribution in [-0.2, 0) is 9.53 Å². The standard InChI is InChI=1S/C10H20O4S2/c1-3-4-5-6-7(11)14-8(12)10(2,13)9(15)16/h8-9,12-13,15-16H,3-6H2,1-2H3. The maximum absolute atomic E-state index is 11.3. The number of carbonyl (C=O) groups is 1. The quantitative estimate of drug-likeness (QED) is 0.244. The molecule has 2 N–H and O–H groups in total. The first-order valence-corrected chi connectivity index (χ1v) is 6.31. The summed E-state index contributed by atoms with van der Waals surface area (Å²) < 4.78 is 3.89. The molecular formula is C10H20O4S2. The van der Waals surface area contributed by atoms with Crippen molar-refractivity contribution >= 4 is 31.2 Å². The van der Waals surface area contributed by atoms with E-state index in [4.69, 9.17) is 4.74 Å². The van der Waals surface area contributed by atoms with Crippen LogP contribution in [0.4, 0.5) is 0 Å². The molecule has 0 saturated heterocycles. The van der Waals surface area contributed by atoms with Crippen LogP contribution in [0.2, 0.25) is 0 Å². The molecule has 2 atom stereocenters. The number of hydrogen-bond donors (Lipinski definition) is 4. The Morgan fingerprint density at radius 2 is 2.00 bits per heavy atom. The van der Waals surface area contributed by atoms with Crippen LogP contribution in [0.3, 0.4) is 0 Å². The molecule has 0 rings (SSSR count). The molecule has 0 aliphatic rings. The smallest absolute Gasteiger partial charge is 0.308 e. The van der Waals surface area contributed by atoms with Crippen LogP contribution in [0.25, 0.3) is 0 Å². The van der Waals surface area contributed by atoms with Gasteiger partial charge in [0.05, 0.1) is 4.58 Å². The van der Waals surface area contributed by atoms with Crippen molar-refractivity contribution < 1.29 is 19.7 Å². The summed E-state index contributed by atoms with van der Waals surface area (Å²) in [6.07, 6.45) is 1.29. The van der Waals surface area contributed by atoms with Crippen molar-refractivity contribution in [2.45, 2.75) is 56.0 Å². The lowest BCUT2D eigenvalue weighted by Crippen LogP contribution is -2.47. The third kappa shape index (κ3) is 5.43. The van der Waals surface area contributed by atoms with E-state index in [0.717, 1.165) is 19.3 Å². The Bertz CT molecular complexity index is 219. The number of ether oxygens (including phenoxy) is 1. The van der Waals surface area contributed by atoms with E-state index >= 15 is 0 Å². The molecule has 2 unspecified atom stereocenters. The molecule has 0 aromatic carbocycles. The SMILES string of the molecule is CCCCCC(=O)OC(O)C(C)(O)C(S)S. The van der Waals surface area contributed by atoms with Crippen molar-refractivity contribution in [3.63, 3.8) is 0 Å². The second kappa shape index (κ2) is 7.42. The largest absolute Gasteiger partial charge is 0.433 e. The minimum absolute atomic E-state index is 0.241. The van der Waals surface area contributed by atoms with Crippen molar-refractivity contribution in [1.29, 1.82) is 0 Å². The van der Waals surface area contributed by atoms with E-state index in [1.165, 1.54) is 6.92 Å². The molecule has 0 amide bonds. The van der Waals surface area contributed by atoms with Crippen molar-refractivity contribution in [2.75, 3.05) is 0 Å². The maximum Gasteiger partial charge on any atom is 0.308 e. The zero-order valence-corrected chi connectivity index (χ0v) is 11.4. The summed E-state index contributed by atoms with van der Waals surface area (Å²) in [6.45, 7) is 3.33. The first-order chi connectivity index (χ1) is 7.32. The van der Waals surface area contributed by atoms with Gasteiger partial charge in [-0.05, 0) is 13.3 Å². The van der Waals surface area contributed by atoms with Gasteiger partial charge in [-0.25, -0.2) is 0 Å². The Hall–Kier alpha value is 0.0900. The predicted molar refractivity (Wildman–Crippen MR) is 68.6 cm³/mol. The number of rotatable bonds is 7. The van der Waals surface area contributed by atoms with Crippen molar-refractivity contribution in [3.8, 4) is 0 Å². The van der Waals surface area contributed by atoms with Gasteiger partial charge in [0.2, 0.25) is 6.29 Å². The Balaban J connectivity index is 4.04. The topological polar surface area (TPSA) is 66.8 Å². The summed E-state index contributed by atoms with van der Waals surface area (Å²) in [4.78, 5) is 11.3. The molecule has 0 fully saturated rings. The van der Waals surface area contributed by atoms with Gasteiger partial charge in [-0.15, -0.1) is 0 Å². The molecule has 0 aliphatic carbocycles. The minimum atomic E-state index is -1.67. The van der Waals surface area contributed by atoms with Gasteiger partial charge in [-0.2, -0.15) is 25.3 Å². The van der Waals surface area contributed by atoms with Crippen LogP contribution in [0.5, 0.6) is 0 Å². The summed E-state index contributed by atoms with van der Waals surface area (Å²) in [6, 6.07) is 0. The van der Waals surface area contributed by atoms with Crippen molar-refractivity contribution in [3.05, 3.63) is 0 Å². The minimum Gasteiger partial charge on any atom is -0.433 e. The van der Waals surface area contributed by atoms with E-state index in [1.807, 2.05) is 6.92 Å². The highest BCUT2D eigenvalue weighted by Crippen LogP contribution is 2.23. The van der Waals surface area contributed by atoms with Crippen LogP contribution >= 0.6 is 25.3 Å². The summed E-state index contributed by atoms with van der Waals surface area (Å²) in [5, 5.41) is 19.2. The fraction of sp³-hybridized carbons (Fsp3) is 0.900. The molecular weight excluding hydrogens is 248 g/mol. The van der Waals surface area contributed by atoms with E-state index in [1.54, 1.807) is 0 Å². The average Bonchev–Trinajstić information content (AvgIpc) is 2.17. The molecule has 0 aliphatic heterocycles. The fourth-order valence-electron chi connectivity index (χ4n) is 0.950. The lowest BCUT2D eigenvalue weighted by molar-refractivity contribution is -0.206. The molecule has 0 saturated carbocycles. The predicted octanol–water partition coefficient (Wildman–Crippen LogP) is 1.36. The van der Waals surface area contributed by atoms with Gasteiger partial charge in [0.15, 0.2) is 0 Å². The first kappa shape index (κ1) is 16.1. The number of thiol groups is 2. The molecule has 16 heavy (non-hydrogen) atoms. The van der Waals surface area contributed by atoms with Gasteiger partial charge < -0.3 is 14.9 Å². The Morgan fingerprint density at radius 3 is 2.44 bits per heavy atom. The molecule has 0 bridgehead atoms. The van der Waals surface area contributed by atoms with Crippen LogP contribution in [0, 0.1) is 0 Å². The number of aliphatic hydroxyl groups is 2. The van der Waals surface area contributed by atoms with Gasteiger partial charge in [0.25, 0.3) is 0 Å². The number of aliphatic hydroxyl groups excluding tert-OH is 1. The zero-order chi connectivity index (χ0) is 12.8. The molecule has 4 nitrogen and oxygen atoms in total. The number of unbranched alkanes of at least 4 members (excludes halogenated alkanes) is 2. The van der Waals surface area contributed by atoms with Gasteiger partial charge in [0.1, 0.15) is 5.60 Å². The average molecular weight is 268 g/mol. The third-order valence-electron chi connectivity index (χ3n) is 2.25. The lowest BCUT2D eigenvalue weighted by Gasteiger charge is -2.30. The third-order valence-corrected chi connectivity index (χ3v) is 3.30. The van der Waals surface area contributed by atoms with Gasteiger partial charge in [-0.3, -0.25) is 4.79 Å². The van der Waals surface area contributed by atoms with Crippen LogP contribution in [0.15, 0.2) is 0 Å². The van der Waals surface area contributed by atoms with Gasteiger partial charge >= 0.3 is 5.97 Å². The van der Waals surface area contributed by atoms with E-state index in [9.17, 15) is 15.0 Å². The second-order valence-electron chi connectivity index (χ2n) is 3.90. The van der Waals surface area contributed by atoms with Crippen LogP contribution < -0.4 is 0 Å². The van der Waals surface area contributed by atoms with Crippen LogP contribution in [0.1, 0.15) is 39.5 Å². The molecule has 0 aromatic heterocycles. The Labute approximate surface area is 107 Å². The highest BCUT2D eigenvalue weighted by Gasteiger charge is 2.38. The Morgan fingerprint density at radius 1 is 1.44 bits per heavy atom. The van der Waals surface area contributed by atoms with E-state index in [2.05, 4.69) is 25.3 Å². The fourth-order valence-corrected chi connectivity index (χ4v) is 1.20. The lowest BCUT2D eigenvalue weighted by atomic mass is 10.1. The monoisotopic (exact) mass is 268 g/mol. The number of esters is 1. The number of hydrogen-bond acceptors (Lipinski definition) is 6. The second-order valence-corrected chi connectivity index (χ2v) is 5.34.